The van der Waals surface area contributed by atoms with Crippen LogP contribution in [0.25, 0.3) is 0 Å². The number of hydrogen-bond acceptors (Lipinski definition) is 6. The lowest BCUT2D eigenvalue weighted by Gasteiger charge is -2.48. The number of carbonyl (C=O) groups is 1. The average molecular weight is 561 g/mol. The van der Waals surface area contributed by atoms with Gasteiger partial charge < -0.3 is 9.84 Å². The van der Waals surface area contributed by atoms with Crippen molar-refractivity contribution in [3.63, 3.8) is 0 Å². The average Bonchev–Trinajstić information content (AvgIpc) is 3.39. The van der Waals surface area contributed by atoms with Gasteiger partial charge in [-0.2, -0.15) is 0 Å². The van der Waals surface area contributed by atoms with Gasteiger partial charge in [-0.1, -0.05) is 44.6 Å². The molecule has 0 amide bonds. The van der Waals surface area contributed by atoms with E-state index >= 15 is 0 Å². The van der Waals surface area contributed by atoms with E-state index in [4.69, 9.17) is 4.74 Å². The minimum Gasteiger partial charge on any atom is -0.393 e. The maximum atomic E-state index is 14.5. The van der Waals surface area contributed by atoms with Crippen LogP contribution in [0.5, 0.6) is 0 Å². The van der Waals surface area contributed by atoms with Crippen LogP contribution in [0.15, 0.2) is 47.1 Å². The van der Waals surface area contributed by atoms with Crippen molar-refractivity contribution in [1.29, 1.82) is 0 Å². The molecule has 2 heterocycles. The molecule has 41 heavy (non-hydrogen) atoms. The molecule has 2 saturated heterocycles. The van der Waals surface area contributed by atoms with Crippen molar-refractivity contribution in [3.8, 4) is 0 Å². The lowest BCUT2D eigenvalue weighted by molar-refractivity contribution is -0.384. The van der Waals surface area contributed by atoms with Crippen molar-refractivity contribution >= 4 is 11.5 Å². The molecule has 0 aromatic heterocycles. The smallest absolute Gasteiger partial charge is 0.269 e. The van der Waals surface area contributed by atoms with Gasteiger partial charge in [-0.25, -0.2) is 0 Å². The molecule has 1 spiro atoms. The number of carbonyl (C=O) groups excluding carboxylic acids is 1. The minimum absolute atomic E-state index is 0.0257. The normalized spacial score (nSPS) is 43.8. The number of ketones is 1. The summed E-state index contributed by atoms with van der Waals surface area (Å²) in [6.45, 7) is 10.8. The molecule has 0 radical (unpaired) electrons. The highest BCUT2D eigenvalue weighted by atomic mass is 16.6. The first-order chi connectivity index (χ1) is 19.5. The second-order valence-electron chi connectivity index (χ2n) is 14.5. The van der Waals surface area contributed by atoms with Gasteiger partial charge in [0, 0.05) is 48.7 Å². The maximum Gasteiger partial charge on any atom is 0.269 e. The highest BCUT2D eigenvalue weighted by Crippen LogP contribution is 2.64. The van der Waals surface area contributed by atoms with Crippen molar-refractivity contribution < 1.29 is 19.6 Å². The Labute approximate surface area is 243 Å². The van der Waals surface area contributed by atoms with Gasteiger partial charge in [0.05, 0.1) is 22.7 Å². The molecule has 1 aromatic rings. The van der Waals surface area contributed by atoms with E-state index in [0.717, 1.165) is 62.8 Å². The van der Waals surface area contributed by atoms with Crippen LogP contribution in [0.1, 0.15) is 78.2 Å². The van der Waals surface area contributed by atoms with Gasteiger partial charge in [0.2, 0.25) is 0 Å². The molecule has 2 aliphatic heterocycles. The molecule has 2 saturated carbocycles. The second kappa shape index (κ2) is 9.58. The Balaban J connectivity index is 1.20. The number of benzene rings is 1. The molecule has 1 N–H and O–H groups in total. The number of likely N-dealkylation sites (tertiary alicyclic amines) is 1. The summed E-state index contributed by atoms with van der Waals surface area (Å²) in [6.07, 6.45) is 8.53. The Morgan fingerprint density at radius 1 is 1.17 bits per heavy atom. The first-order valence-corrected chi connectivity index (χ1v) is 15.8. The SMILES string of the molecule is CC1=C2C(=O)[C@H]3[C@@H](CC=C4C[C@@H](O)CC[C@@]43C)[C@@H]2CC[C@]12O[C@@H]1C[C@H](C)CN(Cc3ccc([N+](=O)[O-])cc3)[C@H]1[C@H]2C. The summed E-state index contributed by atoms with van der Waals surface area (Å²) in [4.78, 5) is 27.8. The Hall–Kier alpha value is -2.35. The summed E-state index contributed by atoms with van der Waals surface area (Å²) in [5.74, 6) is 1.80. The highest BCUT2D eigenvalue weighted by molar-refractivity contribution is 6.02. The van der Waals surface area contributed by atoms with E-state index < -0.39 is 5.60 Å². The number of aliphatic hydroxyl groups excluding tert-OH is 1. The Bertz CT molecular complexity index is 1330. The molecule has 1 aromatic carbocycles. The number of piperidine rings is 1. The molecule has 6 aliphatic rings. The molecule has 0 bridgehead atoms. The number of ether oxygens (including phenoxy) is 1. The van der Waals surface area contributed by atoms with Crippen molar-refractivity contribution in [3.05, 3.63) is 62.7 Å². The van der Waals surface area contributed by atoms with Gasteiger partial charge in [-0.3, -0.25) is 19.8 Å². The number of nitro groups is 1. The lowest BCUT2D eigenvalue weighted by atomic mass is 9.56. The van der Waals surface area contributed by atoms with Crippen LogP contribution in [-0.4, -0.2) is 51.1 Å². The molecule has 4 aliphatic carbocycles. The number of rotatable bonds is 3. The third-order valence-electron chi connectivity index (χ3n) is 12.4. The van der Waals surface area contributed by atoms with Gasteiger partial charge >= 0.3 is 0 Å². The van der Waals surface area contributed by atoms with Crippen molar-refractivity contribution in [2.24, 2.45) is 35.0 Å². The molecule has 7 rings (SSSR count). The predicted molar refractivity (Wildman–Crippen MR) is 156 cm³/mol. The summed E-state index contributed by atoms with van der Waals surface area (Å²) in [6, 6.07) is 7.22. The molecule has 10 atom stereocenters. The second-order valence-corrected chi connectivity index (χ2v) is 14.5. The van der Waals surface area contributed by atoms with E-state index in [2.05, 4.69) is 38.7 Å². The topological polar surface area (TPSA) is 92.9 Å². The summed E-state index contributed by atoms with van der Waals surface area (Å²) in [5.41, 5.74) is 4.24. The van der Waals surface area contributed by atoms with E-state index in [9.17, 15) is 20.0 Å². The van der Waals surface area contributed by atoms with E-state index in [1.54, 1.807) is 12.1 Å². The van der Waals surface area contributed by atoms with E-state index in [-0.39, 0.29) is 46.1 Å². The third kappa shape index (κ3) is 3.98. The summed E-state index contributed by atoms with van der Waals surface area (Å²) >= 11 is 0. The minimum atomic E-state index is -0.415. The van der Waals surface area contributed by atoms with Gasteiger partial charge in [0.25, 0.3) is 5.69 Å². The quantitative estimate of drug-likeness (QED) is 0.277. The number of nitrogens with zero attached hydrogens (tertiary/aromatic N) is 2. The monoisotopic (exact) mass is 560 g/mol. The first kappa shape index (κ1) is 27.5. The van der Waals surface area contributed by atoms with Crippen LogP contribution in [0.3, 0.4) is 0 Å². The van der Waals surface area contributed by atoms with Gasteiger partial charge in [0.15, 0.2) is 5.78 Å². The number of non-ortho nitro benzene ring substituents is 1. The van der Waals surface area contributed by atoms with Crippen molar-refractivity contribution in [2.45, 2.75) is 103 Å². The number of allylic oxidation sites excluding steroid dienone is 2. The van der Waals surface area contributed by atoms with Gasteiger partial charge in [-0.15, -0.1) is 0 Å². The summed E-state index contributed by atoms with van der Waals surface area (Å²) < 4.78 is 7.18. The molecule has 7 heteroatoms. The number of fused-ring (bicyclic) bond motifs is 6. The third-order valence-corrected chi connectivity index (χ3v) is 12.4. The van der Waals surface area contributed by atoms with Crippen LogP contribution >= 0.6 is 0 Å². The Morgan fingerprint density at radius 3 is 2.66 bits per heavy atom. The van der Waals surface area contributed by atoms with E-state index in [0.29, 0.717) is 30.0 Å². The van der Waals surface area contributed by atoms with Crippen molar-refractivity contribution in [1.82, 2.24) is 4.90 Å². The molecular weight excluding hydrogens is 516 g/mol. The molecule has 220 valence electrons. The van der Waals surface area contributed by atoms with Crippen LogP contribution in [-0.2, 0) is 16.1 Å². The lowest BCUT2D eigenvalue weighted by Crippen LogP contribution is -2.51. The van der Waals surface area contributed by atoms with E-state index in [1.165, 1.54) is 11.1 Å². The molecule has 0 unspecified atom stereocenters. The van der Waals surface area contributed by atoms with Gasteiger partial charge in [-0.05, 0) is 86.2 Å². The van der Waals surface area contributed by atoms with Crippen LogP contribution in [0.2, 0.25) is 0 Å². The summed E-state index contributed by atoms with van der Waals surface area (Å²) in [5, 5.41) is 21.5. The molecule has 7 nitrogen and oxygen atoms in total. The Kier molecular flexibility index (Phi) is 6.42. The predicted octanol–water partition coefficient (Wildman–Crippen LogP) is 6.00. The first-order valence-electron chi connectivity index (χ1n) is 15.8. The van der Waals surface area contributed by atoms with Crippen LogP contribution in [0, 0.1) is 45.1 Å². The number of hydrogen-bond donors (Lipinski definition) is 1. The fraction of sp³-hybridized carbons (Fsp3) is 0.676. The van der Waals surface area contributed by atoms with Crippen LogP contribution in [0.4, 0.5) is 5.69 Å². The van der Waals surface area contributed by atoms with E-state index in [1.807, 2.05) is 12.1 Å². The Morgan fingerprint density at radius 2 is 1.93 bits per heavy atom. The number of Topliss-reactive ketones (excluding diaryl/α,β-unsaturated/α-hetero) is 1. The zero-order valence-corrected chi connectivity index (χ0v) is 24.8. The summed E-state index contributed by atoms with van der Waals surface area (Å²) in [7, 11) is 0. The molecular formula is C34H44N2O5. The highest BCUT2D eigenvalue weighted by Gasteiger charge is 2.64. The van der Waals surface area contributed by atoms with Crippen LogP contribution < -0.4 is 0 Å². The number of aliphatic hydroxyl groups is 1. The zero-order valence-electron chi connectivity index (χ0n) is 24.8. The maximum absolute atomic E-state index is 14.5. The fourth-order valence-corrected chi connectivity index (χ4v) is 10.4. The molecule has 4 fully saturated rings. The largest absolute Gasteiger partial charge is 0.393 e. The zero-order chi connectivity index (χ0) is 28.8. The standard InChI is InChI=1S/C34H44N2O5/c1-19-15-28-31(35(17-19)18-22-5-8-24(9-6-22)36(39)40)21(3)34(41-28)14-12-26-27-10-7-23-16-25(37)11-13-33(23,4)30(27)32(38)29(26)20(34)2/h5-9,19,21,25-28,30-31,37H,10-18H2,1-4H3/t19-,21+,25-,26-,27-,28+,30+,31-,33-,34-/m0/s1. The van der Waals surface area contributed by atoms with Crippen molar-refractivity contribution in [2.75, 3.05) is 6.54 Å². The number of nitro benzene ring substituents is 1. The van der Waals surface area contributed by atoms with Gasteiger partial charge in [0.1, 0.15) is 0 Å². The fourth-order valence-electron chi connectivity index (χ4n) is 10.4.